The van der Waals surface area contributed by atoms with Crippen molar-refractivity contribution in [2.45, 2.75) is 0 Å². The van der Waals surface area contributed by atoms with Gasteiger partial charge < -0.3 is 14.8 Å². The topological polar surface area (TPSA) is 47.6 Å². The molecule has 0 atom stereocenters. The van der Waals surface area contributed by atoms with Crippen LogP contribution in [0.3, 0.4) is 0 Å². The first-order valence-corrected chi connectivity index (χ1v) is 6.51. The highest BCUT2D eigenvalue weighted by molar-refractivity contribution is 6.00. The average Bonchev–Trinajstić information content (AvgIpc) is 2.53. The molecule has 20 heavy (non-hydrogen) atoms. The van der Waals surface area contributed by atoms with Crippen LogP contribution in [-0.2, 0) is 0 Å². The lowest BCUT2D eigenvalue weighted by Crippen LogP contribution is -2.18. The molecule has 0 saturated heterocycles. The molecule has 0 saturated carbocycles. The second-order valence-electron chi connectivity index (χ2n) is 4.48. The summed E-state index contributed by atoms with van der Waals surface area (Å²) in [4.78, 5) is 11.9. The molecule has 1 aliphatic rings. The molecule has 4 nitrogen and oxygen atoms in total. The van der Waals surface area contributed by atoms with Crippen LogP contribution in [0.5, 0.6) is 11.5 Å². The van der Waals surface area contributed by atoms with E-state index in [1.165, 1.54) is 0 Å². The van der Waals surface area contributed by atoms with Gasteiger partial charge in [-0.25, -0.2) is 0 Å². The number of amides is 1. The summed E-state index contributed by atoms with van der Waals surface area (Å²) in [5, 5.41) is 2.66. The first-order valence-electron chi connectivity index (χ1n) is 6.51. The molecule has 1 N–H and O–H groups in total. The summed E-state index contributed by atoms with van der Waals surface area (Å²) >= 11 is 0. The van der Waals surface area contributed by atoms with E-state index in [0.29, 0.717) is 18.8 Å². The van der Waals surface area contributed by atoms with Crippen molar-refractivity contribution < 1.29 is 14.3 Å². The van der Waals surface area contributed by atoms with Gasteiger partial charge in [0.1, 0.15) is 13.2 Å². The zero-order valence-electron chi connectivity index (χ0n) is 11.2. The maximum Gasteiger partial charge on any atom is 0.251 e. The number of hydrogen-bond donors (Lipinski definition) is 1. The maximum absolute atomic E-state index is 11.9. The zero-order valence-corrected chi connectivity index (χ0v) is 11.2. The van der Waals surface area contributed by atoms with Crippen molar-refractivity contribution in [2.75, 3.05) is 20.3 Å². The van der Waals surface area contributed by atoms with Crippen LogP contribution >= 0.6 is 0 Å². The molecule has 0 radical (unpaired) electrons. The number of rotatable bonds is 2. The van der Waals surface area contributed by atoms with E-state index in [1.807, 2.05) is 42.5 Å². The van der Waals surface area contributed by atoms with E-state index < -0.39 is 0 Å². The summed E-state index contributed by atoms with van der Waals surface area (Å²) in [6, 6.07) is 13.2. The van der Waals surface area contributed by atoms with Crippen LogP contribution in [0.2, 0.25) is 0 Å². The monoisotopic (exact) mass is 269 g/mol. The first kappa shape index (κ1) is 12.5. The lowest BCUT2D eigenvalue weighted by atomic mass is 9.98. The van der Waals surface area contributed by atoms with Crippen molar-refractivity contribution in [2.24, 2.45) is 0 Å². The van der Waals surface area contributed by atoms with Gasteiger partial charge >= 0.3 is 0 Å². The van der Waals surface area contributed by atoms with Crippen LogP contribution in [0, 0.1) is 0 Å². The van der Waals surface area contributed by atoms with Crippen LogP contribution < -0.4 is 14.8 Å². The third-order valence-corrected chi connectivity index (χ3v) is 3.25. The number of carbonyl (C=O) groups excluding carboxylic acids is 1. The highest BCUT2D eigenvalue weighted by Gasteiger charge is 2.15. The number of benzene rings is 2. The van der Waals surface area contributed by atoms with Gasteiger partial charge in [-0.15, -0.1) is 0 Å². The molecular weight excluding hydrogens is 254 g/mol. The maximum atomic E-state index is 11.9. The number of ether oxygens (including phenoxy) is 2. The molecule has 3 rings (SSSR count). The van der Waals surface area contributed by atoms with Gasteiger partial charge in [0.05, 0.1) is 0 Å². The zero-order chi connectivity index (χ0) is 13.9. The lowest BCUT2D eigenvalue weighted by molar-refractivity contribution is 0.0963. The molecule has 0 bridgehead atoms. The van der Waals surface area contributed by atoms with Crippen molar-refractivity contribution in [3.05, 3.63) is 48.0 Å². The minimum Gasteiger partial charge on any atom is -0.486 e. The fourth-order valence-electron chi connectivity index (χ4n) is 2.28. The Balaban J connectivity index is 2.07. The number of carbonyl (C=O) groups is 1. The second kappa shape index (κ2) is 5.25. The molecule has 1 aliphatic heterocycles. The van der Waals surface area contributed by atoms with E-state index in [-0.39, 0.29) is 5.91 Å². The Morgan fingerprint density at radius 3 is 2.60 bits per heavy atom. The van der Waals surface area contributed by atoms with Gasteiger partial charge in [-0.05, 0) is 29.3 Å². The quantitative estimate of drug-likeness (QED) is 0.911. The smallest absolute Gasteiger partial charge is 0.251 e. The number of hydrogen-bond acceptors (Lipinski definition) is 3. The van der Waals surface area contributed by atoms with Gasteiger partial charge in [0.2, 0.25) is 0 Å². The highest BCUT2D eigenvalue weighted by Crippen LogP contribution is 2.35. The Bertz CT molecular complexity index is 652. The van der Waals surface area contributed by atoms with Gasteiger partial charge in [-0.2, -0.15) is 0 Å². The molecule has 0 unspecified atom stereocenters. The first-order chi connectivity index (χ1) is 9.79. The molecule has 0 aromatic heterocycles. The Kier molecular flexibility index (Phi) is 3.29. The Morgan fingerprint density at radius 2 is 1.80 bits per heavy atom. The van der Waals surface area contributed by atoms with Crippen LogP contribution in [0.4, 0.5) is 0 Å². The molecule has 0 fully saturated rings. The van der Waals surface area contributed by atoms with Crippen LogP contribution in [0.25, 0.3) is 11.1 Å². The molecule has 0 spiro atoms. The SMILES string of the molecule is CNC(=O)c1ccccc1-c1ccc2c(c1)OCCO2. The molecule has 1 heterocycles. The fourth-order valence-corrected chi connectivity index (χ4v) is 2.28. The molecule has 2 aromatic rings. The summed E-state index contributed by atoms with van der Waals surface area (Å²) in [5.41, 5.74) is 2.46. The summed E-state index contributed by atoms with van der Waals surface area (Å²) in [6.07, 6.45) is 0. The largest absolute Gasteiger partial charge is 0.486 e. The van der Waals surface area contributed by atoms with Crippen molar-refractivity contribution in [1.82, 2.24) is 5.32 Å². The van der Waals surface area contributed by atoms with E-state index in [2.05, 4.69) is 5.32 Å². The molecule has 0 aliphatic carbocycles. The van der Waals surface area contributed by atoms with Crippen molar-refractivity contribution in [1.29, 1.82) is 0 Å². The molecule has 102 valence electrons. The molecule has 1 amide bonds. The van der Waals surface area contributed by atoms with E-state index in [4.69, 9.17) is 9.47 Å². The minimum absolute atomic E-state index is 0.101. The van der Waals surface area contributed by atoms with E-state index in [1.54, 1.807) is 7.05 Å². The fraction of sp³-hybridized carbons (Fsp3) is 0.188. The van der Waals surface area contributed by atoms with E-state index in [9.17, 15) is 4.79 Å². The molecular formula is C16H15NO3. The molecule has 4 heteroatoms. The van der Waals surface area contributed by atoms with Gasteiger partial charge in [0.25, 0.3) is 5.91 Å². The normalized spacial score (nSPS) is 12.8. The standard InChI is InChI=1S/C16H15NO3/c1-17-16(18)13-5-3-2-4-12(13)11-6-7-14-15(10-11)20-9-8-19-14/h2-7,10H,8-9H2,1H3,(H,17,18). The van der Waals surface area contributed by atoms with Crippen molar-refractivity contribution >= 4 is 5.91 Å². The Hall–Kier alpha value is -2.49. The third kappa shape index (κ3) is 2.20. The summed E-state index contributed by atoms with van der Waals surface area (Å²) in [6.45, 7) is 1.12. The van der Waals surface area contributed by atoms with Crippen molar-refractivity contribution in [3.8, 4) is 22.6 Å². The van der Waals surface area contributed by atoms with E-state index in [0.717, 1.165) is 22.6 Å². The Morgan fingerprint density at radius 1 is 1.05 bits per heavy atom. The third-order valence-electron chi connectivity index (χ3n) is 3.25. The minimum atomic E-state index is -0.101. The number of nitrogens with one attached hydrogen (secondary N) is 1. The highest BCUT2D eigenvalue weighted by atomic mass is 16.6. The van der Waals surface area contributed by atoms with Gasteiger partial charge in [-0.1, -0.05) is 24.3 Å². The second-order valence-corrected chi connectivity index (χ2v) is 4.48. The Labute approximate surface area is 117 Å². The lowest BCUT2D eigenvalue weighted by Gasteiger charge is -2.19. The number of fused-ring (bicyclic) bond motifs is 1. The average molecular weight is 269 g/mol. The predicted octanol–water partition coefficient (Wildman–Crippen LogP) is 2.48. The van der Waals surface area contributed by atoms with Crippen LogP contribution in [0.1, 0.15) is 10.4 Å². The summed E-state index contributed by atoms with van der Waals surface area (Å²) in [5.74, 6) is 1.37. The van der Waals surface area contributed by atoms with Gasteiger partial charge in [0.15, 0.2) is 11.5 Å². The summed E-state index contributed by atoms with van der Waals surface area (Å²) in [7, 11) is 1.63. The van der Waals surface area contributed by atoms with Gasteiger partial charge in [-0.3, -0.25) is 4.79 Å². The van der Waals surface area contributed by atoms with Crippen molar-refractivity contribution in [3.63, 3.8) is 0 Å². The summed E-state index contributed by atoms with van der Waals surface area (Å²) < 4.78 is 11.1. The van der Waals surface area contributed by atoms with Crippen LogP contribution in [0.15, 0.2) is 42.5 Å². The van der Waals surface area contributed by atoms with Crippen LogP contribution in [-0.4, -0.2) is 26.2 Å². The van der Waals surface area contributed by atoms with E-state index >= 15 is 0 Å². The van der Waals surface area contributed by atoms with Gasteiger partial charge in [0, 0.05) is 12.6 Å². The molecule has 2 aromatic carbocycles. The predicted molar refractivity (Wildman–Crippen MR) is 76.3 cm³/mol.